The van der Waals surface area contributed by atoms with Crippen LogP contribution >= 0.6 is 0 Å². The fourth-order valence-corrected chi connectivity index (χ4v) is 1.99. The third-order valence-corrected chi connectivity index (χ3v) is 3.19. The van der Waals surface area contributed by atoms with Crippen LogP contribution in [0.2, 0.25) is 0 Å². The molecule has 0 aliphatic carbocycles. The molecule has 104 valence electrons. The molecule has 2 aromatic rings. The standard InChI is InChI=1S/C16H17FN2O/c1-10-3-5-12(6-4-10)11(2)19-13-7-8-15(17)14(9-13)16(18)20/h3-9,11,19H,1-2H3,(H2,18,20). The summed E-state index contributed by atoms with van der Waals surface area (Å²) in [4.78, 5) is 11.1. The first-order valence-electron chi connectivity index (χ1n) is 6.40. The number of benzene rings is 2. The van der Waals surface area contributed by atoms with Crippen LogP contribution in [0.15, 0.2) is 42.5 Å². The van der Waals surface area contributed by atoms with Crippen molar-refractivity contribution in [2.45, 2.75) is 19.9 Å². The van der Waals surface area contributed by atoms with Gasteiger partial charge in [-0.3, -0.25) is 4.79 Å². The number of aryl methyl sites for hydroxylation is 1. The SMILES string of the molecule is Cc1ccc(C(C)Nc2ccc(F)c(C(N)=O)c2)cc1. The lowest BCUT2D eigenvalue weighted by Gasteiger charge is -2.16. The molecule has 0 aliphatic rings. The Labute approximate surface area is 117 Å². The first-order chi connectivity index (χ1) is 9.47. The zero-order valence-corrected chi connectivity index (χ0v) is 11.5. The van der Waals surface area contributed by atoms with E-state index in [4.69, 9.17) is 5.73 Å². The van der Waals surface area contributed by atoms with E-state index in [1.807, 2.05) is 38.1 Å². The largest absolute Gasteiger partial charge is 0.378 e. The van der Waals surface area contributed by atoms with E-state index in [-0.39, 0.29) is 11.6 Å². The van der Waals surface area contributed by atoms with Crippen LogP contribution in [0.3, 0.4) is 0 Å². The van der Waals surface area contributed by atoms with Crippen molar-refractivity contribution in [2.24, 2.45) is 5.73 Å². The molecular weight excluding hydrogens is 255 g/mol. The van der Waals surface area contributed by atoms with Gasteiger partial charge >= 0.3 is 0 Å². The van der Waals surface area contributed by atoms with E-state index in [1.54, 1.807) is 6.07 Å². The van der Waals surface area contributed by atoms with Crippen LogP contribution in [0, 0.1) is 12.7 Å². The van der Waals surface area contributed by atoms with E-state index in [1.165, 1.54) is 17.7 Å². The van der Waals surface area contributed by atoms with Crippen LogP contribution in [-0.2, 0) is 0 Å². The Morgan fingerprint density at radius 1 is 1.20 bits per heavy atom. The Bertz CT molecular complexity index is 623. The number of carbonyl (C=O) groups is 1. The van der Waals surface area contributed by atoms with Gasteiger partial charge in [-0.2, -0.15) is 0 Å². The van der Waals surface area contributed by atoms with Crippen molar-refractivity contribution in [3.63, 3.8) is 0 Å². The number of amides is 1. The van der Waals surface area contributed by atoms with Gasteiger partial charge in [0.25, 0.3) is 5.91 Å². The average molecular weight is 272 g/mol. The van der Waals surface area contributed by atoms with Crippen LogP contribution in [0.1, 0.15) is 34.5 Å². The van der Waals surface area contributed by atoms with Crippen LogP contribution in [-0.4, -0.2) is 5.91 Å². The van der Waals surface area contributed by atoms with Crippen molar-refractivity contribution in [2.75, 3.05) is 5.32 Å². The molecule has 4 heteroatoms. The number of nitrogens with one attached hydrogen (secondary N) is 1. The van der Waals surface area contributed by atoms with Crippen LogP contribution in [0.25, 0.3) is 0 Å². The molecule has 3 N–H and O–H groups in total. The second-order valence-electron chi connectivity index (χ2n) is 4.84. The molecule has 0 spiro atoms. The highest BCUT2D eigenvalue weighted by molar-refractivity contribution is 5.94. The number of primary amides is 1. The van der Waals surface area contributed by atoms with Gasteiger partial charge in [-0.1, -0.05) is 29.8 Å². The molecule has 1 atom stereocenters. The molecule has 0 aromatic heterocycles. The minimum Gasteiger partial charge on any atom is -0.378 e. The van der Waals surface area contributed by atoms with Gasteiger partial charge in [0.2, 0.25) is 0 Å². The fourth-order valence-electron chi connectivity index (χ4n) is 1.99. The Kier molecular flexibility index (Phi) is 4.03. The monoisotopic (exact) mass is 272 g/mol. The molecule has 0 saturated heterocycles. The third kappa shape index (κ3) is 3.15. The quantitative estimate of drug-likeness (QED) is 0.896. The lowest BCUT2D eigenvalue weighted by molar-refractivity contribution is 0.0996. The average Bonchev–Trinajstić information content (AvgIpc) is 2.41. The summed E-state index contributed by atoms with van der Waals surface area (Å²) >= 11 is 0. The number of anilines is 1. The van der Waals surface area contributed by atoms with Gasteiger partial charge in [0.15, 0.2) is 0 Å². The van der Waals surface area contributed by atoms with Gasteiger partial charge in [-0.15, -0.1) is 0 Å². The molecular formula is C16H17FN2O. The van der Waals surface area contributed by atoms with Gasteiger partial charge in [0.1, 0.15) is 5.82 Å². The lowest BCUT2D eigenvalue weighted by atomic mass is 10.1. The van der Waals surface area contributed by atoms with Crippen LogP contribution in [0.4, 0.5) is 10.1 Å². The van der Waals surface area contributed by atoms with Gasteiger partial charge in [0, 0.05) is 11.7 Å². The zero-order chi connectivity index (χ0) is 14.7. The molecule has 2 aromatic carbocycles. The molecule has 0 aliphatic heterocycles. The van der Waals surface area contributed by atoms with Crippen LogP contribution in [0.5, 0.6) is 0 Å². The summed E-state index contributed by atoms with van der Waals surface area (Å²) in [6.07, 6.45) is 0. The summed E-state index contributed by atoms with van der Waals surface area (Å²) in [6.45, 7) is 4.03. The number of hydrogen-bond donors (Lipinski definition) is 2. The highest BCUT2D eigenvalue weighted by Gasteiger charge is 2.11. The maximum atomic E-state index is 13.4. The predicted octanol–water partition coefficient (Wildman–Crippen LogP) is 3.41. The first kappa shape index (κ1) is 14.1. The second kappa shape index (κ2) is 5.74. The van der Waals surface area contributed by atoms with E-state index in [2.05, 4.69) is 5.32 Å². The lowest BCUT2D eigenvalue weighted by Crippen LogP contribution is -2.14. The highest BCUT2D eigenvalue weighted by Crippen LogP contribution is 2.21. The number of carbonyl (C=O) groups excluding carboxylic acids is 1. The smallest absolute Gasteiger partial charge is 0.251 e. The molecule has 0 saturated carbocycles. The van der Waals surface area contributed by atoms with Gasteiger partial charge < -0.3 is 11.1 Å². The van der Waals surface area contributed by atoms with E-state index in [9.17, 15) is 9.18 Å². The van der Waals surface area contributed by atoms with Crippen LogP contribution < -0.4 is 11.1 Å². The Morgan fingerprint density at radius 2 is 1.85 bits per heavy atom. The van der Waals surface area contributed by atoms with Crippen molar-refractivity contribution in [1.82, 2.24) is 0 Å². The Hall–Kier alpha value is -2.36. The van der Waals surface area contributed by atoms with E-state index < -0.39 is 11.7 Å². The first-order valence-corrected chi connectivity index (χ1v) is 6.40. The van der Waals surface area contributed by atoms with Gasteiger partial charge in [-0.25, -0.2) is 4.39 Å². The summed E-state index contributed by atoms with van der Waals surface area (Å²) in [5, 5.41) is 3.23. The number of nitrogens with two attached hydrogens (primary N) is 1. The van der Waals surface area contributed by atoms with Crippen molar-refractivity contribution < 1.29 is 9.18 Å². The maximum absolute atomic E-state index is 13.4. The van der Waals surface area contributed by atoms with Crippen molar-refractivity contribution in [3.05, 3.63) is 65.0 Å². The topological polar surface area (TPSA) is 55.1 Å². The minimum atomic E-state index is -0.769. The molecule has 0 fully saturated rings. The predicted molar refractivity (Wildman–Crippen MR) is 78.1 cm³/mol. The third-order valence-electron chi connectivity index (χ3n) is 3.19. The molecule has 3 nitrogen and oxygen atoms in total. The van der Waals surface area contributed by atoms with Crippen molar-refractivity contribution in [3.8, 4) is 0 Å². The fraction of sp³-hybridized carbons (Fsp3) is 0.188. The van der Waals surface area contributed by atoms with Crippen molar-refractivity contribution in [1.29, 1.82) is 0 Å². The summed E-state index contributed by atoms with van der Waals surface area (Å²) in [7, 11) is 0. The zero-order valence-electron chi connectivity index (χ0n) is 11.5. The Morgan fingerprint density at radius 3 is 2.45 bits per heavy atom. The molecule has 20 heavy (non-hydrogen) atoms. The summed E-state index contributed by atoms with van der Waals surface area (Å²) in [6, 6.07) is 12.4. The van der Waals surface area contributed by atoms with Gasteiger partial charge in [0.05, 0.1) is 5.56 Å². The molecule has 0 radical (unpaired) electrons. The molecule has 0 bridgehead atoms. The number of halogens is 1. The molecule has 1 amide bonds. The minimum absolute atomic E-state index is 0.0433. The highest BCUT2D eigenvalue weighted by atomic mass is 19.1. The number of hydrogen-bond acceptors (Lipinski definition) is 2. The van der Waals surface area contributed by atoms with Gasteiger partial charge in [-0.05, 0) is 37.6 Å². The molecule has 1 unspecified atom stereocenters. The van der Waals surface area contributed by atoms with E-state index in [0.717, 1.165) is 5.56 Å². The second-order valence-corrected chi connectivity index (χ2v) is 4.84. The number of rotatable bonds is 4. The summed E-state index contributed by atoms with van der Waals surface area (Å²) < 4.78 is 13.4. The molecule has 0 heterocycles. The Balaban J connectivity index is 2.19. The molecule has 2 rings (SSSR count). The van der Waals surface area contributed by atoms with E-state index in [0.29, 0.717) is 5.69 Å². The summed E-state index contributed by atoms with van der Waals surface area (Å²) in [5.74, 6) is -1.37. The van der Waals surface area contributed by atoms with E-state index >= 15 is 0 Å². The normalized spacial score (nSPS) is 11.9. The van der Waals surface area contributed by atoms with Crippen molar-refractivity contribution >= 4 is 11.6 Å². The summed E-state index contributed by atoms with van der Waals surface area (Å²) in [5.41, 5.74) is 8.00. The maximum Gasteiger partial charge on any atom is 0.251 e.